The first-order valence-electron chi connectivity index (χ1n) is 5.19. The van der Waals surface area contributed by atoms with Crippen LogP contribution in [0.25, 0.3) is 0 Å². The molecule has 1 aliphatic rings. The largest absolute Gasteiger partial charge is 0.407 e. The van der Waals surface area contributed by atoms with Gasteiger partial charge in [0.25, 0.3) is 0 Å². The van der Waals surface area contributed by atoms with Gasteiger partial charge in [-0.3, -0.25) is 0 Å². The Morgan fingerprint density at radius 2 is 2.47 bits per heavy atom. The molecule has 1 saturated heterocycles. The van der Waals surface area contributed by atoms with Crippen LogP contribution in [0.15, 0.2) is 4.42 Å². The van der Waals surface area contributed by atoms with Gasteiger partial charge in [0.05, 0.1) is 19.2 Å². The predicted molar refractivity (Wildman–Crippen MR) is 54.5 cm³/mol. The van der Waals surface area contributed by atoms with E-state index in [0.717, 1.165) is 19.4 Å². The summed E-state index contributed by atoms with van der Waals surface area (Å²) in [4.78, 5) is 1.98. The highest BCUT2D eigenvalue weighted by atomic mass is 16.4. The molecular weight excluding hydrogens is 196 g/mol. The molecule has 1 fully saturated rings. The van der Waals surface area contributed by atoms with Crippen LogP contribution in [-0.2, 0) is 6.54 Å². The molecule has 1 atom stereocenters. The third kappa shape index (κ3) is 2.10. The third-order valence-corrected chi connectivity index (χ3v) is 2.62. The van der Waals surface area contributed by atoms with Crippen molar-refractivity contribution >= 4 is 6.01 Å². The van der Waals surface area contributed by atoms with Gasteiger partial charge in [0.15, 0.2) is 0 Å². The summed E-state index contributed by atoms with van der Waals surface area (Å²) in [7, 11) is 1.83. The van der Waals surface area contributed by atoms with E-state index in [4.69, 9.17) is 9.52 Å². The molecule has 0 aromatic carbocycles. The predicted octanol–water partition coefficient (Wildman–Crippen LogP) is -0.250. The monoisotopic (exact) mass is 212 g/mol. The van der Waals surface area contributed by atoms with Crippen molar-refractivity contribution in [2.45, 2.75) is 25.4 Å². The molecule has 0 radical (unpaired) electrons. The van der Waals surface area contributed by atoms with E-state index in [1.165, 1.54) is 0 Å². The quantitative estimate of drug-likeness (QED) is 0.717. The summed E-state index contributed by atoms with van der Waals surface area (Å²) in [5, 5.41) is 20.0. The second-order valence-electron chi connectivity index (χ2n) is 3.68. The summed E-state index contributed by atoms with van der Waals surface area (Å²) < 4.78 is 5.47. The molecule has 2 rings (SSSR count). The van der Waals surface area contributed by atoms with E-state index < -0.39 is 0 Å². The van der Waals surface area contributed by atoms with Gasteiger partial charge in [-0.2, -0.15) is 0 Å². The Labute approximate surface area is 88.3 Å². The molecule has 0 aliphatic carbocycles. The molecule has 6 heteroatoms. The van der Waals surface area contributed by atoms with Crippen LogP contribution in [0.3, 0.4) is 0 Å². The number of aliphatic hydroxyl groups is 1. The Hall–Kier alpha value is -1.14. The molecule has 1 unspecified atom stereocenters. The molecule has 0 bridgehead atoms. The molecule has 1 aromatic rings. The van der Waals surface area contributed by atoms with Crippen molar-refractivity contribution in [3.8, 4) is 0 Å². The minimum atomic E-state index is 0.132. The maximum atomic E-state index is 9.16. The van der Waals surface area contributed by atoms with E-state index in [9.17, 15) is 0 Å². The van der Waals surface area contributed by atoms with Gasteiger partial charge in [-0.1, -0.05) is 5.10 Å². The van der Waals surface area contributed by atoms with Gasteiger partial charge in [0.2, 0.25) is 5.89 Å². The lowest BCUT2D eigenvalue weighted by atomic mass is 10.2. The number of anilines is 1. The molecule has 0 saturated carbocycles. The van der Waals surface area contributed by atoms with Crippen molar-refractivity contribution in [2.24, 2.45) is 0 Å². The zero-order chi connectivity index (χ0) is 10.7. The second kappa shape index (κ2) is 4.59. The third-order valence-electron chi connectivity index (χ3n) is 2.62. The highest BCUT2D eigenvalue weighted by molar-refractivity contribution is 5.28. The smallest absolute Gasteiger partial charge is 0.318 e. The molecule has 6 nitrogen and oxygen atoms in total. The molecule has 0 spiro atoms. The number of aromatic nitrogens is 2. The second-order valence-corrected chi connectivity index (χ2v) is 3.68. The van der Waals surface area contributed by atoms with Crippen LogP contribution in [0.5, 0.6) is 0 Å². The number of nitrogens with one attached hydrogen (secondary N) is 1. The summed E-state index contributed by atoms with van der Waals surface area (Å²) >= 11 is 0. The molecule has 1 aliphatic heterocycles. The van der Waals surface area contributed by atoms with E-state index in [1.54, 1.807) is 0 Å². The SMILES string of the molecule is CNCc1nnc(N2CCCC2CO)o1. The number of hydrogen-bond acceptors (Lipinski definition) is 6. The van der Waals surface area contributed by atoms with E-state index in [0.29, 0.717) is 18.5 Å². The van der Waals surface area contributed by atoms with Crippen molar-refractivity contribution in [3.05, 3.63) is 5.89 Å². The van der Waals surface area contributed by atoms with Gasteiger partial charge in [-0.15, -0.1) is 5.10 Å². The number of hydrogen-bond donors (Lipinski definition) is 2. The van der Waals surface area contributed by atoms with Crippen LogP contribution >= 0.6 is 0 Å². The fourth-order valence-corrected chi connectivity index (χ4v) is 1.86. The van der Waals surface area contributed by atoms with E-state index in [-0.39, 0.29) is 12.6 Å². The van der Waals surface area contributed by atoms with Gasteiger partial charge in [-0.05, 0) is 19.9 Å². The van der Waals surface area contributed by atoms with Gasteiger partial charge in [0, 0.05) is 6.54 Å². The van der Waals surface area contributed by atoms with Crippen LogP contribution in [0.2, 0.25) is 0 Å². The molecule has 15 heavy (non-hydrogen) atoms. The van der Waals surface area contributed by atoms with Crippen molar-refractivity contribution in [2.75, 3.05) is 25.1 Å². The molecule has 0 amide bonds. The van der Waals surface area contributed by atoms with Crippen molar-refractivity contribution < 1.29 is 9.52 Å². The first-order valence-corrected chi connectivity index (χ1v) is 5.19. The molecule has 1 aromatic heterocycles. The number of aliphatic hydroxyl groups excluding tert-OH is 1. The standard InChI is InChI=1S/C9H16N4O2/c1-10-5-8-11-12-9(15-8)13-4-2-3-7(13)6-14/h7,10,14H,2-6H2,1H3. The van der Waals surface area contributed by atoms with Crippen LogP contribution in [-0.4, -0.2) is 41.5 Å². The zero-order valence-corrected chi connectivity index (χ0v) is 8.81. The van der Waals surface area contributed by atoms with Gasteiger partial charge >= 0.3 is 6.01 Å². The van der Waals surface area contributed by atoms with Crippen molar-refractivity contribution in [1.29, 1.82) is 0 Å². The van der Waals surface area contributed by atoms with Crippen LogP contribution < -0.4 is 10.2 Å². The molecule has 2 heterocycles. The van der Waals surface area contributed by atoms with E-state index in [2.05, 4.69) is 15.5 Å². The lowest BCUT2D eigenvalue weighted by molar-refractivity contribution is 0.262. The Kier molecular flexibility index (Phi) is 3.17. The normalized spacial score (nSPS) is 21.2. The summed E-state index contributed by atoms with van der Waals surface area (Å²) in [5.74, 6) is 0.580. The number of rotatable bonds is 4. The van der Waals surface area contributed by atoms with E-state index in [1.807, 2.05) is 11.9 Å². The lowest BCUT2D eigenvalue weighted by Gasteiger charge is -2.19. The maximum Gasteiger partial charge on any atom is 0.318 e. The van der Waals surface area contributed by atoms with Crippen LogP contribution in [0.1, 0.15) is 18.7 Å². The lowest BCUT2D eigenvalue weighted by Crippen LogP contribution is -2.32. The summed E-state index contributed by atoms with van der Waals surface area (Å²) in [5.41, 5.74) is 0. The van der Waals surface area contributed by atoms with Gasteiger partial charge < -0.3 is 19.7 Å². The summed E-state index contributed by atoms with van der Waals surface area (Å²) in [6.07, 6.45) is 2.05. The topological polar surface area (TPSA) is 74.4 Å². The summed E-state index contributed by atoms with van der Waals surface area (Å²) in [6.45, 7) is 1.60. The Morgan fingerprint density at radius 1 is 1.60 bits per heavy atom. The highest BCUT2D eigenvalue weighted by Gasteiger charge is 2.27. The maximum absolute atomic E-state index is 9.16. The minimum absolute atomic E-state index is 0.132. The van der Waals surface area contributed by atoms with Gasteiger partial charge in [0.1, 0.15) is 0 Å². The number of nitrogens with zero attached hydrogens (tertiary/aromatic N) is 3. The zero-order valence-electron chi connectivity index (χ0n) is 8.81. The Morgan fingerprint density at radius 3 is 3.20 bits per heavy atom. The average molecular weight is 212 g/mol. The highest BCUT2D eigenvalue weighted by Crippen LogP contribution is 2.23. The summed E-state index contributed by atoms with van der Waals surface area (Å²) in [6, 6.07) is 0.657. The fourth-order valence-electron chi connectivity index (χ4n) is 1.86. The molecular formula is C9H16N4O2. The van der Waals surface area contributed by atoms with Crippen molar-refractivity contribution in [1.82, 2.24) is 15.5 Å². The first kappa shape index (κ1) is 10.4. The van der Waals surface area contributed by atoms with E-state index >= 15 is 0 Å². The Bertz CT molecular complexity index is 315. The fraction of sp³-hybridized carbons (Fsp3) is 0.778. The van der Waals surface area contributed by atoms with Crippen molar-refractivity contribution in [3.63, 3.8) is 0 Å². The minimum Gasteiger partial charge on any atom is -0.407 e. The van der Waals surface area contributed by atoms with Gasteiger partial charge in [-0.25, -0.2) is 0 Å². The average Bonchev–Trinajstić information content (AvgIpc) is 2.84. The molecule has 84 valence electrons. The molecule has 2 N–H and O–H groups in total. The first-order chi connectivity index (χ1) is 7.35. The van der Waals surface area contributed by atoms with Crippen LogP contribution in [0, 0.1) is 0 Å². The Balaban J connectivity index is 2.07. The van der Waals surface area contributed by atoms with Crippen LogP contribution in [0.4, 0.5) is 6.01 Å².